The zero-order chi connectivity index (χ0) is 20.1. The van der Waals surface area contributed by atoms with E-state index in [4.69, 9.17) is 0 Å². The molecule has 0 atom stereocenters. The fourth-order valence-electron chi connectivity index (χ4n) is 3.30. The van der Waals surface area contributed by atoms with E-state index in [2.05, 4.69) is 21.9 Å². The molecule has 6 nitrogen and oxygen atoms in total. The van der Waals surface area contributed by atoms with Crippen molar-refractivity contribution in [1.29, 1.82) is 0 Å². The van der Waals surface area contributed by atoms with Crippen LogP contribution in [0.4, 0.5) is 9.52 Å². The Labute approximate surface area is 168 Å². The predicted molar refractivity (Wildman–Crippen MR) is 108 cm³/mol. The first kappa shape index (κ1) is 20.9. The molecule has 0 spiro atoms. The van der Waals surface area contributed by atoms with E-state index >= 15 is 0 Å². The summed E-state index contributed by atoms with van der Waals surface area (Å²) in [6.07, 6.45) is 5.68. The highest BCUT2D eigenvalue weighted by Gasteiger charge is 2.25. The second kappa shape index (κ2) is 9.11. The summed E-state index contributed by atoms with van der Waals surface area (Å²) in [6.45, 7) is 2.16. The summed E-state index contributed by atoms with van der Waals surface area (Å²) in [5, 5.41) is 2.87. The topological polar surface area (TPSA) is 88.2 Å². The van der Waals surface area contributed by atoms with Gasteiger partial charge in [0.05, 0.1) is 0 Å². The maximum atomic E-state index is 13.3. The van der Waals surface area contributed by atoms with E-state index in [-0.39, 0.29) is 11.9 Å². The number of thiazole rings is 1. The highest BCUT2D eigenvalue weighted by molar-refractivity contribution is 7.90. The molecule has 2 N–H and O–H groups in total. The third-order valence-corrected chi connectivity index (χ3v) is 7.00. The van der Waals surface area contributed by atoms with Gasteiger partial charge in [-0.25, -0.2) is 22.5 Å². The number of carbonyl (C=O) groups excluding carboxylic acids is 1. The number of nitrogens with one attached hydrogen (secondary N) is 2. The molecule has 0 radical (unpaired) electrons. The second-order valence-electron chi connectivity index (χ2n) is 7.32. The summed E-state index contributed by atoms with van der Waals surface area (Å²) in [5.74, 6) is -0.933. The van der Waals surface area contributed by atoms with Crippen molar-refractivity contribution in [2.75, 3.05) is 11.1 Å². The molecule has 0 bridgehead atoms. The van der Waals surface area contributed by atoms with Gasteiger partial charge in [-0.2, -0.15) is 0 Å². The molecule has 1 aliphatic rings. The molecular weight excluding hydrogens is 401 g/mol. The van der Waals surface area contributed by atoms with Crippen molar-refractivity contribution >= 4 is 32.4 Å². The van der Waals surface area contributed by atoms with Crippen LogP contribution in [0.2, 0.25) is 0 Å². The van der Waals surface area contributed by atoms with Crippen molar-refractivity contribution < 1.29 is 17.6 Å². The molecule has 1 heterocycles. The standard InChI is InChI=1S/C19H24FN3O3S2/c1-13-5-7-16(8-6-13)23-28(25,26)12-18(24)22-19-21-11-17(27-19)10-14-3-2-4-15(20)9-14/h2-4,9,11,13,16,23H,5-8,10,12H2,1H3,(H,21,22,24). The Morgan fingerprint density at radius 1 is 1.29 bits per heavy atom. The second-order valence-corrected chi connectivity index (χ2v) is 10.2. The Morgan fingerprint density at radius 3 is 2.75 bits per heavy atom. The molecule has 1 aromatic heterocycles. The van der Waals surface area contributed by atoms with Crippen molar-refractivity contribution in [3.05, 3.63) is 46.7 Å². The van der Waals surface area contributed by atoms with Gasteiger partial charge in [0.2, 0.25) is 15.9 Å². The minimum absolute atomic E-state index is 0.0910. The third-order valence-electron chi connectivity index (χ3n) is 4.75. The molecule has 152 valence electrons. The van der Waals surface area contributed by atoms with Crippen LogP contribution >= 0.6 is 11.3 Å². The van der Waals surface area contributed by atoms with Crippen LogP contribution in [-0.2, 0) is 21.2 Å². The Bertz CT molecular complexity index is 922. The van der Waals surface area contributed by atoms with E-state index in [1.165, 1.54) is 23.5 Å². The third kappa shape index (κ3) is 6.35. The van der Waals surface area contributed by atoms with Gasteiger partial charge in [0.15, 0.2) is 5.13 Å². The highest BCUT2D eigenvalue weighted by Crippen LogP contribution is 2.24. The molecule has 0 saturated heterocycles. The van der Waals surface area contributed by atoms with Crippen LogP contribution in [0.3, 0.4) is 0 Å². The Morgan fingerprint density at radius 2 is 2.04 bits per heavy atom. The molecule has 1 amide bonds. The van der Waals surface area contributed by atoms with E-state index in [1.54, 1.807) is 12.3 Å². The maximum Gasteiger partial charge on any atom is 0.242 e. The van der Waals surface area contributed by atoms with Crippen LogP contribution < -0.4 is 10.0 Å². The molecule has 1 saturated carbocycles. The number of anilines is 1. The van der Waals surface area contributed by atoms with Gasteiger partial charge in [-0.05, 0) is 49.3 Å². The molecular formula is C19H24FN3O3S2. The number of benzene rings is 1. The lowest BCUT2D eigenvalue weighted by atomic mass is 9.88. The molecule has 0 aliphatic heterocycles. The van der Waals surface area contributed by atoms with Crippen LogP contribution in [0.1, 0.15) is 43.0 Å². The fraction of sp³-hybridized carbons (Fsp3) is 0.474. The average molecular weight is 426 g/mol. The quantitative estimate of drug-likeness (QED) is 0.712. The summed E-state index contributed by atoms with van der Waals surface area (Å²) in [7, 11) is -3.69. The number of hydrogen-bond acceptors (Lipinski definition) is 5. The van der Waals surface area contributed by atoms with Gasteiger partial charge in [-0.15, -0.1) is 11.3 Å². The Kier molecular flexibility index (Phi) is 6.79. The normalized spacial score (nSPS) is 20.1. The smallest absolute Gasteiger partial charge is 0.242 e. The number of rotatable bonds is 7. The zero-order valence-corrected chi connectivity index (χ0v) is 17.3. The van der Waals surface area contributed by atoms with Crippen molar-refractivity contribution in [3.8, 4) is 0 Å². The van der Waals surface area contributed by atoms with Gasteiger partial charge in [-0.1, -0.05) is 19.1 Å². The van der Waals surface area contributed by atoms with E-state index in [0.717, 1.165) is 36.1 Å². The number of halogens is 1. The van der Waals surface area contributed by atoms with Crippen molar-refractivity contribution in [2.45, 2.75) is 45.1 Å². The minimum Gasteiger partial charge on any atom is -0.301 e. The van der Waals surface area contributed by atoms with Crippen molar-refractivity contribution in [2.24, 2.45) is 5.92 Å². The first-order chi connectivity index (χ1) is 13.3. The molecule has 3 rings (SSSR count). The molecule has 0 unspecified atom stereocenters. The first-order valence-electron chi connectivity index (χ1n) is 9.28. The number of aromatic nitrogens is 1. The summed E-state index contributed by atoms with van der Waals surface area (Å²) in [6, 6.07) is 6.18. The molecule has 1 aliphatic carbocycles. The fourth-order valence-corrected chi connectivity index (χ4v) is 5.40. The number of hydrogen-bond donors (Lipinski definition) is 2. The van der Waals surface area contributed by atoms with Crippen LogP contribution in [0, 0.1) is 11.7 Å². The van der Waals surface area contributed by atoms with E-state index in [9.17, 15) is 17.6 Å². The minimum atomic E-state index is -3.69. The molecule has 1 fully saturated rings. The SMILES string of the molecule is CC1CCC(NS(=O)(=O)CC(=O)Nc2ncc(Cc3cccc(F)c3)s2)CC1. The largest absolute Gasteiger partial charge is 0.301 e. The van der Waals surface area contributed by atoms with Gasteiger partial charge in [-0.3, -0.25) is 4.79 Å². The van der Waals surface area contributed by atoms with Crippen molar-refractivity contribution in [3.63, 3.8) is 0 Å². The van der Waals surface area contributed by atoms with Gasteiger partial charge >= 0.3 is 0 Å². The molecule has 1 aromatic carbocycles. The van der Waals surface area contributed by atoms with Gasteiger partial charge < -0.3 is 5.32 Å². The molecule has 28 heavy (non-hydrogen) atoms. The van der Waals surface area contributed by atoms with Gasteiger partial charge in [0, 0.05) is 23.5 Å². The molecule has 9 heteroatoms. The van der Waals surface area contributed by atoms with Crippen LogP contribution in [0.5, 0.6) is 0 Å². The number of nitrogens with zero attached hydrogens (tertiary/aromatic N) is 1. The lowest BCUT2D eigenvalue weighted by Crippen LogP contribution is -2.41. The molecule has 2 aromatic rings. The summed E-state index contributed by atoms with van der Waals surface area (Å²) in [4.78, 5) is 17.1. The van der Waals surface area contributed by atoms with Crippen LogP contribution in [0.25, 0.3) is 0 Å². The van der Waals surface area contributed by atoms with Crippen molar-refractivity contribution in [1.82, 2.24) is 9.71 Å². The lowest BCUT2D eigenvalue weighted by molar-refractivity contribution is -0.113. The highest BCUT2D eigenvalue weighted by atomic mass is 32.2. The average Bonchev–Trinajstić information content (AvgIpc) is 3.03. The Balaban J connectivity index is 1.51. The van der Waals surface area contributed by atoms with E-state index in [1.807, 2.05) is 6.07 Å². The van der Waals surface area contributed by atoms with Gasteiger partial charge in [0.25, 0.3) is 0 Å². The predicted octanol–water partition coefficient (Wildman–Crippen LogP) is 3.31. The number of carbonyl (C=O) groups is 1. The number of sulfonamides is 1. The maximum absolute atomic E-state index is 13.3. The van der Waals surface area contributed by atoms with Gasteiger partial charge in [0.1, 0.15) is 11.6 Å². The van der Waals surface area contributed by atoms with E-state index < -0.39 is 21.7 Å². The Hall–Kier alpha value is -1.84. The van der Waals surface area contributed by atoms with Crippen LogP contribution in [-0.4, -0.2) is 31.1 Å². The first-order valence-corrected chi connectivity index (χ1v) is 11.7. The van der Waals surface area contributed by atoms with E-state index in [0.29, 0.717) is 17.5 Å². The zero-order valence-electron chi connectivity index (χ0n) is 15.7. The van der Waals surface area contributed by atoms with Crippen LogP contribution in [0.15, 0.2) is 30.5 Å². The number of amides is 1. The summed E-state index contributed by atoms with van der Waals surface area (Å²) in [5.41, 5.74) is 0.801. The summed E-state index contributed by atoms with van der Waals surface area (Å²) < 4.78 is 40.4. The lowest BCUT2D eigenvalue weighted by Gasteiger charge is -2.26. The monoisotopic (exact) mass is 425 g/mol. The summed E-state index contributed by atoms with van der Waals surface area (Å²) >= 11 is 1.24.